The van der Waals surface area contributed by atoms with E-state index in [2.05, 4.69) is 20.8 Å². The molecule has 0 aliphatic carbocycles. The van der Waals surface area contributed by atoms with Gasteiger partial charge in [0.25, 0.3) is 0 Å². The van der Waals surface area contributed by atoms with Crippen molar-refractivity contribution in [3.8, 4) is 0 Å². The van der Waals surface area contributed by atoms with E-state index >= 15 is 0 Å². The van der Waals surface area contributed by atoms with Gasteiger partial charge < -0.3 is 9.47 Å². The van der Waals surface area contributed by atoms with Crippen molar-refractivity contribution in [2.75, 3.05) is 0 Å². The Bertz CT molecular complexity index is 113. The maximum atomic E-state index is 5.11. The first kappa shape index (κ1) is 6.46. The molecular formula is C7H12O2. The minimum absolute atomic E-state index is 0.0729. The maximum Gasteiger partial charge on any atom is 0.244 e. The Kier molecular flexibility index (Phi) is 1.39. The summed E-state index contributed by atoms with van der Waals surface area (Å²) in [4.78, 5) is 0. The molecule has 0 unspecified atom stereocenters. The summed E-state index contributed by atoms with van der Waals surface area (Å²) in [5, 5.41) is 0. The first-order valence-corrected chi connectivity index (χ1v) is 3.06. The van der Waals surface area contributed by atoms with Crippen molar-refractivity contribution in [3.05, 3.63) is 12.5 Å². The quantitative estimate of drug-likeness (QED) is 0.496. The molecule has 0 fully saturated rings. The molecule has 1 aliphatic heterocycles. The van der Waals surface area contributed by atoms with Crippen molar-refractivity contribution in [2.45, 2.75) is 27.1 Å². The van der Waals surface area contributed by atoms with Gasteiger partial charge in [0.1, 0.15) is 12.5 Å². The summed E-state index contributed by atoms with van der Waals surface area (Å²) < 4.78 is 10.2. The average molecular weight is 128 g/mol. The second-order valence-corrected chi connectivity index (χ2v) is 3.24. The number of hydrogen-bond acceptors (Lipinski definition) is 2. The van der Waals surface area contributed by atoms with E-state index in [1.807, 2.05) is 0 Å². The SMILES string of the molecule is CC(C)(C)C1OC=CO1. The van der Waals surface area contributed by atoms with E-state index in [-0.39, 0.29) is 11.7 Å². The van der Waals surface area contributed by atoms with E-state index in [0.717, 1.165) is 0 Å². The summed E-state index contributed by atoms with van der Waals surface area (Å²) in [7, 11) is 0. The van der Waals surface area contributed by atoms with Gasteiger partial charge in [-0.25, -0.2) is 0 Å². The lowest BCUT2D eigenvalue weighted by Crippen LogP contribution is -2.26. The summed E-state index contributed by atoms with van der Waals surface area (Å²) in [6.45, 7) is 6.22. The fourth-order valence-corrected chi connectivity index (χ4v) is 0.647. The van der Waals surface area contributed by atoms with Gasteiger partial charge in [-0.05, 0) is 0 Å². The molecule has 0 N–H and O–H groups in total. The molecule has 0 radical (unpaired) electrons. The van der Waals surface area contributed by atoms with E-state index in [4.69, 9.17) is 9.47 Å². The van der Waals surface area contributed by atoms with Crippen LogP contribution < -0.4 is 0 Å². The Balaban J connectivity index is 2.46. The van der Waals surface area contributed by atoms with Crippen LogP contribution in [0.1, 0.15) is 20.8 Å². The van der Waals surface area contributed by atoms with Gasteiger partial charge in [0.2, 0.25) is 6.29 Å². The van der Waals surface area contributed by atoms with Gasteiger partial charge in [-0.2, -0.15) is 0 Å². The Morgan fingerprint density at radius 3 is 1.78 bits per heavy atom. The monoisotopic (exact) mass is 128 g/mol. The number of hydrogen-bond donors (Lipinski definition) is 0. The zero-order valence-corrected chi connectivity index (χ0v) is 6.05. The van der Waals surface area contributed by atoms with E-state index < -0.39 is 0 Å². The van der Waals surface area contributed by atoms with Gasteiger partial charge in [0.05, 0.1) is 0 Å². The second kappa shape index (κ2) is 1.94. The molecule has 0 spiro atoms. The van der Waals surface area contributed by atoms with Gasteiger partial charge >= 0.3 is 0 Å². The van der Waals surface area contributed by atoms with E-state index in [9.17, 15) is 0 Å². The Labute approximate surface area is 55.5 Å². The van der Waals surface area contributed by atoms with Crippen molar-refractivity contribution in [3.63, 3.8) is 0 Å². The molecule has 0 saturated carbocycles. The molecule has 2 nitrogen and oxygen atoms in total. The summed E-state index contributed by atoms with van der Waals surface area (Å²) in [6, 6.07) is 0. The molecular weight excluding hydrogens is 116 g/mol. The standard InChI is InChI=1S/C7H12O2/c1-7(2,3)6-8-4-5-9-6/h4-6H,1-3H3. The van der Waals surface area contributed by atoms with E-state index in [0.29, 0.717) is 0 Å². The van der Waals surface area contributed by atoms with Crippen LogP contribution in [0.3, 0.4) is 0 Å². The third kappa shape index (κ3) is 1.37. The lowest BCUT2D eigenvalue weighted by atomic mass is 9.96. The predicted octanol–water partition coefficient (Wildman–Crippen LogP) is 1.88. The Morgan fingerprint density at radius 1 is 1.11 bits per heavy atom. The maximum absolute atomic E-state index is 5.11. The molecule has 1 aliphatic rings. The van der Waals surface area contributed by atoms with Crippen LogP contribution in [-0.2, 0) is 9.47 Å². The smallest absolute Gasteiger partial charge is 0.244 e. The summed E-state index contributed by atoms with van der Waals surface area (Å²) >= 11 is 0. The molecule has 0 aromatic heterocycles. The van der Waals surface area contributed by atoms with Crippen LogP contribution in [0, 0.1) is 5.41 Å². The van der Waals surface area contributed by atoms with Gasteiger partial charge in [0.15, 0.2) is 0 Å². The fraction of sp³-hybridized carbons (Fsp3) is 0.714. The van der Waals surface area contributed by atoms with Crippen molar-refractivity contribution in [2.24, 2.45) is 5.41 Å². The highest BCUT2D eigenvalue weighted by molar-refractivity contribution is 4.78. The lowest BCUT2D eigenvalue weighted by molar-refractivity contribution is -0.0968. The minimum atomic E-state index is -0.0995. The zero-order valence-electron chi connectivity index (χ0n) is 6.05. The first-order valence-electron chi connectivity index (χ1n) is 3.06. The molecule has 0 amide bonds. The van der Waals surface area contributed by atoms with Crippen LogP contribution in [0.25, 0.3) is 0 Å². The first-order chi connectivity index (χ1) is 4.11. The third-order valence-electron chi connectivity index (χ3n) is 1.17. The van der Waals surface area contributed by atoms with Crippen molar-refractivity contribution >= 4 is 0 Å². The van der Waals surface area contributed by atoms with Gasteiger partial charge in [-0.3, -0.25) is 0 Å². The second-order valence-electron chi connectivity index (χ2n) is 3.24. The average Bonchev–Trinajstić information content (AvgIpc) is 2.08. The van der Waals surface area contributed by atoms with Crippen LogP contribution in [-0.4, -0.2) is 6.29 Å². The third-order valence-corrected chi connectivity index (χ3v) is 1.17. The number of rotatable bonds is 0. The predicted molar refractivity (Wildman–Crippen MR) is 34.6 cm³/mol. The molecule has 2 heteroatoms. The van der Waals surface area contributed by atoms with Gasteiger partial charge in [-0.1, -0.05) is 20.8 Å². The van der Waals surface area contributed by atoms with Crippen LogP contribution in [0.2, 0.25) is 0 Å². The van der Waals surface area contributed by atoms with Crippen LogP contribution in [0.15, 0.2) is 12.5 Å². The van der Waals surface area contributed by atoms with E-state index in [1.165, 1.54) is 0 Å². The molecule has 52 valence electrons. The van der Waals surface area contributed by atoms with Gasteiger partial charge in [-0.15, -0.1) is 0 Å². The highest BCUT2D eigenvalue weighted by atomic mass is 16.7. The van der Waals surface area contributed by atoms with Crippen molar-refractivity contribution in [1.29, 1.82) is 0 Å². The molecule has 0 saturated heterocycles. The molecule has 1 rings (SSSR count). The molecule has 0 aromatic rings. The van der Waals surface area contributed by atoms with Crippen LogP contribution >= 0.6 is 0 Å². The molecule has 9 heavy (non-hydrogen) atoms. The highest BCUT2D eigenvalue weighted by Crippen LogP contribution is 2.26. The normalized spacial score (nSPS) is 19.4. The highest BCUT2D eigenvalue weighted by Gasteiger charge is 2.28. The van der Waals surface area contributed by atoms with Crippen molar-refractivity contribution in [1.82, 2.24) is 0 Å². The molecule has 0 aromatic carbocycles. The molecule has 0 bridgehead atoms. The van der Waals surface area contributed by atoms with Gasteiger partial charge in [0, 0.05) is 5.41 Å². The topological polar surface area (TPSA) is 18.5 Å². The summed E-state index contributed by atoms with van der Waals surface area (Å²) in [5.41, 5.74) is 0.0729. The van der Waals surface area contributed by atoms with Crippen molar-refractivity contribution < 1.29 is 9.47 Å². The zero-order chi connectivity index (χ0) is 6.91. The minimum Gasteiger partial charge on any atom is -0.459 e. The summed E-state index contributed by atoms with van der Waals surface area (Å²) in [6.07, 6.45) is 3.06. The Hall–Kier alpha value is -0.660. The number of ether oxygens (including phenoxy) is 2. The largest absolute Gasteiger partial charge is 0.459 e. The van der Waals surface area contributed by atoms with Crippen LogP contribution in [0.4, 0.5) is 0 Å². The fourth-order valence-electron chi connectivity index (χ4n) is 0.647. The lowest BCUT2D eigenvalue weighted by Gasteiger charge is -2.24. The summed E-state index contributed by atoms with van der Waals surface area (Å²) in [5.74, 6) is 0. The van der Waals surface area contributed by atoms with Crippen LogP contribution in [0.5, 0.6) is 0 Å². The molecule has 0 atom stereocenters. The van der Waals surface area contributed by atoms with E-state index in [1.54, 1.807) is 12.5 Å². The molecule has 1 heterocycles. The Morgan fingerprint density at radius 2 is 1.56 bits per heavy atom.